The number of hydrogen-bond acceptors (Lipinski definition) is 3. The van der Waals surface area contributed by atoms with Crippen LogP contribution in [0.1, 0.15) is 29.6 Å². The second-order valence-corrected chi connectivity index (χ2v) is 6.71. The van der Waals surface area contributed by atoms with Crippen molar-refractivity contribution in [2.24, 2.45) is 0 Å². The zero-order valence-electron chi connectivity index (χ0n) is 11.7. The Balaban J connectivity index is 1.44. The molecule has 3 nitrogen and oxygen atoms in total. The van der Waals surface area contributed by atoms with Crippen LogP contribution < -0.4 is 0 Å². The minimum absolute atomic E-state index is 0.246. The molecule has 2 aliphatic rings. The van der Waals surface area contributed by atoms with Crippen molar-refractivity contribution < 1.29 is 4.79 Å². The van der Waals surface area contributed by atoms with Crippen molar-refractivity contribution in [3.8, 4) is 0 Å². The normalized spacial score (nSPS) is 21.1. The van der Waals surface area contributed by atoms with Gasteiger partial charge in [0.15, 0.2) is 5.78 Å². The van der Waals surface area contributed by atoms with Crippen LogP contribution >= 0.6 is 15.9 Å². The third-order valence-corrected chi connectivity index (χ3v) is 4.77. The number of halogens is 1. The maximum atomic E-state index is 12.2. The third kappa shape index (κ3) is 3.68. The molecule has 20 heavy (non-hydrogen) atoms. The molecule has 1 heterocycles. The van der Waals surface area contributed by atoms with Gasteiger partial charge in [-0.3, -0.25) is 9.69 Å². The number of carbonyl (C=O) groups is 1. The second kappa shape index (κ2) is 6.37. The van der Waals surface area contributed by atoms with Crippen LogP contribution in [0.5, 0.6) is 0 Å². The van der Waals surface area contributed by atoms with E-state index in [1.807, 2.05) is 24.3 Å². The van der Waals surface area contributed by atoms with E-state index in [2.05, 4.69) is 25.7 Å². The van der Waals surface area contributed by atoms with Crippen molar-refractivity contribution in [1.29, 1.82) is 0 Å². The van der Waals surface area contributed by atoms with E-state index in [1.165, 1.54) is 25.9 Å². The Labute approximate surface area is 129 Å². The van der Waals surface area contributed by atoms with Gasteiger partial charge in [0.1, 0.15) is 0 Å². The molecular formula is C16H21BrN2O. The first kappa shape index (κ1) is 14.2. The molecule has 0 amide bonds. The van der Waals surface area contributed by atoms with Crippen molar-refractivity contribution in [2.75, 3.05) is 32.7 Å². The predicted molar refractivity (Wildman–Crippen MR) is 84.1 cm³/mol. The molecule has 0 spiro atoms. The Morgan fingerprint density at radius 3 is 2.60 bits per heavy atom. The van der Waals surface area contributed by atoms with Gasteiger partial charge in [-0.15, -0.1) is 0 Å². The quantitative estimate of drug-likeness (QED) is 0.772. The van der Waals surface area contributed by atoms with Gasteiger partial charge in [-0.25, -0.2) is 0 Å². The Hall–Kier alpha value is -0.710. The molecular weight excluding hydrogens is 316 g/mol. The fourth-order valence-electron chi connectivity index (χ4n) is 2.86. The molecule has 4 heteroatoms. The Bertz CT molecular complexity index is 479. The van der Waals surface area contributed by atoms with Gasteiger partial charge in [0, 0.05) is 55.2 Å². The summed E-state index contributed by atoms with van der Waals surface area (Å²) in [6.45, 7) is 5.47. The van der Waals surface area contributed by atoms with Crippen LogP contribution in [0.4, 0.5) is 0 Å². The van der Waals surface area contributed by atoms with Crippen LogP contribution in [0.15, 0.2) is 28.7 Å². The van der Waals surface area contributed by atoms with E-state index in [-0.39, 0.29) is 5.78 Å². The average Bonchev–Trinajstić information content (AvgIpc) is 3.30. The number of benzene rings is 1. The fraction of sp³-hybridized carbons (Fsp3) is 0.562. The Morgan fingerprint density at radius 1 is 1.20 bits per heavy atom. The summed E-state index contributed by atoms with van der Waals surface area (Å²) in [5.74, 6) is 0.246. The van der Waals surface area contributed by atoms with E-state index in [0.29, 0.717) is 6.42 Å². The molecule has 0 unspecified atom stereocenters. The molecule has 0 N–H and O–H groups in total. The minimum atomic E-state index is 0.246. The van der Waals surface area contributed by atoms with Gasteiger partial charge in [0.25, 0.3) is 0 Å². The number of Topliss-reactive ketones (excluding diaryl/α,β-unsaturated/α-hetero) is 1. The first-order valence-corrected chi connectivity index (χ1v) is 8.27. The van der Waals surface area contributed by atoms with E-state index in [4.69, 9.17) is 0 Å². The zero-order valence-corrected chi connectivity index (χ0v) is 13.3. The van der Waals surface area contributed by atoms with Crippen LogP contribution in [-0.2, 0) is 0 Å². The number of piperazine rings is 1. The van der Waals surface area contributed by atoms with Crippen LogP contribution in [0, 0.1) is 0 Å². The lowest BCUT2D eigenvalue weighted by molar-refractivity contribution is 0.0921. The Kier molecular flexibility index (Phi) is 4.54. The zero-order chi connectivity index (χ0) is 13.9. The monoisotopic (exact) mass is 336 g/mol. The van der Waals surface area contributed by atoms with Gasteiger partial charge in [-0.1, -0.05) is 28.1 Å². The molecule has 2 fully saturated rings. The van der Waals surface area contributed by atoms with Gasteiger partial charge >= 0.3 is 0 Å². The van der Waals surface area contributed by atoms with Crippen molar-refractivity contribution in [1.82, 2.24) is 9.80 Å². The summed E-state index contributed by atoms with van der Waals surface area (Å²) in [6, 6.07) is 8.56. The molecule has 0 radical (unpaired) electrons. The molecule has 0 atom stereocenters. The predicted octanol–water partition coefficient (Wildman–Crippen LogP) is 2.80. The molecule has 1 aliphatic heterocycles. The van der Waals surface area contributed by atoms with E-state index in [9.17, 15) is 4.79 Å². The second-order valence-electron chi connectivity index (χ2n) is 5.79. The summed E-state index contributed by atoms with van der Waals surface area (Å²) in [5, 5.41) is 0. The minimum Gasteiger partial charge on any atom is -0.300 e. The first-order valence-electron chi connectivity index (χ1n) is 7.47. The highest BCUT2D eigenvalue weighted by Crippen LogP contribution is 2.27. The highest BCUT2D eigenvalue weighted by atomic mass is 79.9. The van der Waals surface area contributed by atoms with E-state index in [1.54, 1.807) is 0 Å². The molecule has 1 saturated heterocycles. The first-order chi connectivity index (χ1) is 9.72. The summed E-state index contributed by atoms with van der Waals surface area (Å²) in [6.07, 6.45) is 3.41. The summed E-state index contributed by atoms with van der Waals surface area (Å²) >= 11 is 3.42. The summed E-state index contributed by atoms with van der Waals surface area (Å²) in [7, 11) is 0. The number of rotatable bonds is 5. The van der Waals surface area contributed by atoms with Gasteiger partial charge in [-0.05, 0) is 25.0 Å². The van der Waals surface area contributed by atoms with Crippen molar-refractivity contribution in [3.63, 3.8) is 0 Å². The highest BCUT2D eigenvalue weighted by Gasteiger charge is 2.31. The van der Waals surface area contributed by atoms with E-state index < -0.39 is 0 Å². The topological polar surface area (TPSA) is 23.6 Å². The maximum Gasteiger partial charge on any atom is 0.164 e. The van der Waals surface area contributed by atoms with Crippen LogP contribution in [0.25, 0.3) is 0 Å². The molecule has 1 aliphatic carbocycles. The fourth-order valence-corrected chi connectivity index (χ4v) is 3.26. The lowest BCUT2D eigenvalue weighted by atomic mass is 10.1. The number of ketones is 1. The lowest BCUT2D eigenvalue weighted by Gasteiger charge is -2.34. The molecule has 0 bridgehead atoms. The summed E-state index contributed by atoms with van der Waals surface area (Å²) in [4.78, 5) is 17.2. The molecule has 0 aromatic heterocycles. The van der Waals surface area contributed by atoms with Gasteiger partial charge in [0.2, 0.25) is 0 Å². The lowest BCUT2D eigenvalue weighted by Crippen LogP contribution is -2.47. The van der Waals surface area contributed by atoms with Gasteiger partial charge in [-0.2, -0.15) is 0 Å². The van der Waals surface area contributed by atoms with Gasteiger partial charge in [0.05, 0.1) is 0 Å². The molecule has 1 aromatic rings. The van der Waals surface area contributed by atoms with Crippen LogP contribution in [0.3, 0.4) is 0 Å². The molecule has 108 valence electrons. The van der Waals surface area contributed by atoms with Gasteiger partial charge < -0.3 is 4.90 Å². The van der Waals surface area contributed by atoms with Crippen LogP contribution in [0.2, 0.25) is 0 Å². The van der Waals surface area contributed by atoms with Crippen molar-refractivity contribution >= 4 is 21.7 Å². The van der Waals surface area contributed by atoms with E-state index >= 15 is 0 Å². The number of carbonyl (C=O) groups excluding carboxylic acids is 1. The largest absolute Gasteiger partial charge is 0.300 e. The molecule has 1 aromatic carbocycles. The van der Waals surface area contributed by atoms with Crippen molar-refractivity contribution in [3.05, 3.63) is 34.3 Å². The van der Waals surface area contributed by atoms with Crippen LogP contribution in [-0.4, -0.2) is 54.3 Å². The summed E-state index contributed by atoms with van der Waals surface area (Å²) in [5.41, 5.74) is 0.816. The van der Waals surface area contributed by atoms with E-state index in [0.717, 1.165) is 35.7 Å². The third-order valence-electron chi connectivity index (χ3n) is 4.27. The number of hydrogen-bond donors (Lipinski definition) is 0. The standard InChI is InChI=1S/C16H21BrN2O/c17-14-3-1-2-13(12-14)16(20)6-7-18-8-10-19(11-9-18)15-4-5-15/h1-3,12,15H,4-11H2. The number of nitrogens with zero attached hydrogens (tertiary/aromatic N) is 2. The maximum absolute atomic E-state index is 12.2. The molecule has 3 rings (SSSR count). The highest BCUT2D eigenvalue weighted by molar-refractivity contribution is 9.10. The summed E-state index contributed by atoms with van der Waals surface area (Å²) < 4.78 is 0.974. The smallest absolute Gasteiger partial charge is 0.164 e. The van der Waals surface area contributed by atoms with Crippen molar-refractivity contribution in [2.45, 2.75) is 25.3 Å². The average molecular weight is 337 g/mol. The molecule has 1 saturated carbocycles. The SMILES string of the molecule is O=C(CCN1CCN(C2CC2)CC1)c1cccc(Br)c1. The Morgan fingerprint density at radius 2 is 1.95 bits per heavy atom.